The number of hydrogen-bond donors (Lipinski definition) is 1. The first kappa shape index (κ1) is 23.1. The monoisotopic (exact) mass is 425 g/mol. The summed E-state index contributed by atoms with van der Waals surface area (Å²) in [6.45, 7) is 4.93. The summed E-state index contributed by atoms with van der Waals surface area (Å²) in [6.07, 6.45) is 5.62. The van der Waals surface area contributed by atoms with Gasteiger partial charge in [0.2, 0.25) is 5.91 Å². The first-order valence-corrected chi connectivity index (χ1v) is 11.3. The molecule has 0 saturated heterocycles. The van der Waals surface area contributed by atoms with Crippen molar-refractivity contribution in [2.24, 2.45) is 5.92 Å². The highest BCUT2D eigenvalue weighted by molar-refractivity contribution is 5.73. The lowest BCUT2D eigenvalue weighted by Gasteiger charge is -2.16. The van der Waals surface area contributed by atoms with Gasteiger partial charge in [-0.3, -0.25) is 4.79 Å². The third kappa shape index (κ3) is 7.59. The summed E-state index contributed by atoms with van der Waals surface area (Å²) >= 11 is 0. The number of rotatable bonds is 11. The van der Waals surface area contributed by atoms with Crippen LogP contribution in [0, 0.1) is 5.92 Å². The summed E-state index contributed by atoms with van der Waals surface area (Å²) in [7, 11) is 1.71. The van der Waals surface area contributed by atoms with E-state index in [-0.39, 0.29) is 18.1 Å². The molecule has 1 saturated carbocycles. The Morgan fingerprint density at radius 1 is 1.03 bits per heavy atom. The van der Waals surface area contributed by atoms with Crippen LogP contribution in [0.2, 0.25) is 0 Å². The maximum atomic E-state index is 11.2. The van der Waals surface area contributed by atoms with Gasteiger partial charge in [-0.1, -0.05) is 24.3 Å². The molecule has 3 rings (SSSR count). The minimum atomic E-state index is -0.0194. The lowest BCUT2D eigenvalue weighted by molar-refractivity contribution is -0.119. The van der Waals surface area contributed by atoms with Crippen LogP contribution in [-0.4, -0.2) is 32.3 Å². The van der Waals surface area contributed by atoms with Gasteiger partial charge in [-0.25, -0.2) is 0 Å². The van der Waals surface area contributed by atoms with Crippen molar-refractivity contribution in [3.05, 3.63) is 59.7 Å². The molecule has 1 unspecified atom stereocenters. The van der Waals surface area contributed by atoms with E-state index in [2.05, 4.69) is 29.6 Å². The van der Waals surface area contributed by atoms with Crippen LogP contribution in [0.3, 0.4) is 0 Å². The largest absolute Gasteiger partial charge is 0.494 e. The molecular weight excluding hydrogens is 390 g/mol. The number of ether oxygens (including phenoxy) is 3. The van der Waals surface area contributed by atoms with E-state index in [4.69, 9.17) is 14.2 Å². The molecule has 0 radical (unpaired) electrons. The molecule has 1 aliphatic carbocycles. The second kappa shape index (κ2) is 11.8. The molecule has 3 atom stereocenters. The van der Waals surface area contributed by atoms with Crippen LogP contribution in [0.5, 0.6) is 11.5 Å². The van der Waals surface area contributed by atoms with Gasteiger partial charge in [-0.2, -0.15) is 0 Å². The van der Waals surface area contributed by atoms with Gasteiger partial charge in [0.15, 0.2) is 0 Å². The molecule has 1 amide bonds. The highest BCUT2D eigenvalue weighted by atomic mass is 16.5. The molecule has 5 heteroatoms. The topological polar surface area (TPSA) is 56.8 Å². The fraction of sp³-hybridized carbons (Fsp3) is 0.500. The molecule has 5 nitrogen and oxygen atoms in total. The SMILES string of the molecule is COCCCOc1ccc(CC2CC[C@@H](Oc3ccc([C@H](C)NC(C)=O)cc3)C2)cc1. The van der Waals surface area contributed by atoms with E-state index in [0.29, 0.717) is 12.5 Å². The zero-order valence-corrected chi connectivity index (χ0v) is 18.9. The molecular formula is C26H35NO4. The maximum absolute atomic E-state index is 11.2. The van der Waals surface area contributed by atoms with Crippen molar-refractivity contribution in [3.8, 4) is 11.5 Å². The summed E-state index contributed by atoms with van der Waals surface area (Å²) < 4.78 is 17.0. The minimum absolute atomic E-state index is 0.00422. The van der Waals surface area contributed by atoms with Crippen molar-refractivity contribution < 1.29 is 19.0 Å². The van der Waals surface area contributed by atoms with Crippen molar-refractivity contribution in [2.75, 3.05) is 20.3 Å². The summed E-state index contributed by atoms with van der Waals surface area (Å²) in [5.41, 5.74) is 2.43. The van der Waals surface area contributed by atoms with Crippen molar-refractivity contribution in [1.29, 1.82) is 0 Å². The predicted octanol–water partition coefficient (Wildman–Crippen LogP) is 5.09. The van der Waals surface area contributed by atoms with Gasteiger partial charge in [-0.05, 0) is 73.9 Å². The van der Waals surface area contributed by atoms with Gasteiger partial charge < -0.3 is 19.5 Å². The van der Waals surface area contributed by atoms with Gasteiger partial charge in [0, 0.05) is 27.1 Å². The average molecular weight is 426 g/mol. The van der Waals surface area contributed by atoms with Crippen LogP contribution in [0.1, 0.15) is 56.7 Å². The lowest BCUT2D eigenvalue weighted by atomic mass is 9.98. The van der Waals surface area contributed by atoms with Crippen molar-refractivity contribution >= 4 is 5.91 Å². The summed E-state index contributed by atoms with van der Waals surface area (Å²) in [4.78, 5) is 11.2. The summed E-state index contributed by atoms with van der Waals surface area (Å²) in [5.74, 6) is 2.45. The second-order valence-corrected chi connectivity index (χ2v) is 8.45. The number of amides is 1. The zero-order valence-electron chi connectivity index (χ0n) is 18.9. The molecule has 2 aromatic carbocycles. The van der Waals surface area contributed by atoms with Crippen molar-refractivity contribution in [1.82, 2.24) is 5.32 Å². The van der Waals surface area contributed by atoms with E-state index in [1.54, 1.807) is 7.11 Å². The number of nitrogens with one attached hydrogen (secondary N) is 1. The van der Waals surface area contributed by atoms with Gasteiger partial charge in [-0.15, -0.1) is 0 Å². The van der Waals surface area contributed by atoms with Gasteiger partial charge >= 0.3 is 0 Å². The fourth-order valence-electron chi connectivity index (χ4n) is 4.19. The summed E-state index contributed by atoms with van der Waals surface area (Å²) in [5, 5.41) is 2.91. The fourth-order valence-corrected chi connectivity index (χ4v) is 4.19. The Kier molecular flexibility index (Phi) is 8.77. The van der Waals surface area contributed by atoms with Crippen LogP contribution in [0.15, 0.2) is 48.5 Å². The molecule has 1 aliphatic rings. The Labute approximate surface area is 186 Å². The van der Waals surface area contributed by atoms with Gasteiger partial charge in [0.25, 0.3) is 0 Å². The Hall–Kier alpha value is -2.53. The number of benzene rings is 2. The molecule has 0 spiro atoms. The predicted molar refractivity (Wildman–Crippen MR) is 123 cm³/mol. The standard InChI is InChI=1S/C26H35NO4/c1-19(27-20(2)28)23-8-13-25(14-9-23)31-26-12-7-22(18-26)17-21-5-10-24(11-6-21)30-16-4-15-29-3/h5-6,8-11,13-14,19,22,26H,4,7,12,15-18H2,1-3H3,(H,27,28)/t19-,22?,26+/m0/s1. The molecule has 31 heavy (non-hydrogen) atoms. The Morgan fingerprint density at radius 3 is 2.42 bits per heavy atom. The van der Waals surface area contributed by atoms with Crippen LogP contribution in [-0.2, 0) is 16.0 Å². The summed E-state index contributed by atoms with van der Waals surface area (Å²) in [6, 6.07) is 16.6. The van der Waals surface area contributed by atoms with Crippen molar-refractivity contribution in [3.63, 3.8) is 0 Å². The maximum Gasteiger partial charge on any atom is 0.217 e. The third-order valence-corrected chi connectivity index (χ3v) is 5.80. The van der Waals surface area contributed by atoms with E-state index in [1.165, 1.54) is 18.9 Å². The van der Waals surface area contributed by atoms with Gasteiger partial charge in [0.1, 0.15) is 11.5 Å². The molecule has 1 N–H and O–H groups in total. The number of methoxy groups -OCH3 is 1. The highest BCUT2D eigenvalue weighted by Gasteiger charge is 2.26. The first-order valence-electron chi connectivity index (χ1n) is 11.3. The van der Waals surface area contributed by atoms with E-state index in [0.717, 1.165) is 49.4 Å². The van der Waals surface area contributed by atoms with Crippen LogP contribution < -0.4 is 14.8 Å². The van der Waals surface area contributed by atoms with Crippen LogP contribution in [0.25, 0.3) is 0 Å². The molecule has 2 aromatic rings. The third-order valence-electron chi connectivity index (χ3n) is 5.80. The molecule has 0 bridgehead atoms. The van der Waals surface area contributed by atoms with Crippen LogP contribution >= 0.6 is 0 Å². The van der Waals surface area contributed by atoms with E-state index in [1.807, 2.05) is 31.2 Å². The number of hydrogen-bond acceptors (Lipinski definition) is 4. The Bertz CT molecular complexity index is 803. The quantitative estimate of drug-likeness (QED) is 0.510. The van der Waals surface area contributed by atoms with Crippen LogP contribution in [0.4, 0.5) is 0 Å². The molecule has 168 valence electrons. The molecule has 1 fully saturated rings. The van der Waals surface area contributed by atoms with E-state index in [9.17, 15) is 4.79 Å². The first-order chi connectivity index (χ1) is 15.0. The average Bonchev–Trinajstić information content (AvgIpc) is 3.19. The van der Waals surface area contributed by atoms with Crippen molar-refractivity contribution in [2.45, 2.75) is 58.1 Å². The van der Waals surface area contributed by atoms with E-state index < -0.39 is 0 Å². The Morgan fingerprint density at radius 2 is 1.74 bits per heavy atom. The highest BCUT2D eigenvalue weighted by Crippen LogP contribution is 2.32. The lowest BCUT2D eigenvalue weighted by Crippen LogP contribution is -2.23. The normalized spacial score (nSPS) is 19.1. The minimum Gasteiger partial charge on any atom is -0.494 e. The molecule has 0 aromatic heterocycles. The second-order valence-electron chi connectivity index (χ2n) is 8.45. The smallest absolute Gasteiger partial charge is 0.217 e. The number of carbonyl (C=O) groups excluding carboxylic acids is 1. The molecule has 0 aliphatic heterocycles. The zero-order chi connectivity index (χ0) is 22.1. The Balaban J connectivity index is 1.42. The van der Waals surface area contributed by atoms with Gasteiger partial charge in [0.05, 0.1) is 18.8 Å². The number of carbonyl (C=O) groups is 1. The molecule has 0 heterocycles. The van der Waals surface area contributed by atoms with E-state index >= 15 is 0 Å².